The predicted octanol–water partition coefficient (Wildman–Crippen LogP) is 4.58. The van der Waals surface area contributed by atoms with Gasteiger partial charge in [-0.1, -0.05) is 41.4 Å². The molecular weight excluding hydrogens is 464 g/mol. The van der Waals surface area contributed by atoms with Crippen molar-refractivity contribution < 1.29 is 22.7 Å². The van der Waals surface area contributed by atoms with Crippen molar-refractivity contribution in [2.45, 2.75) is 18.7 Å². The molecule has 0 saturated heterocycles. The zero-order chi connectivity index (χ0) is 24.2. The number of amides is 1. The second kappa shape index (κ2) is 10.1. The Hall–Kier alpha value is -3.36. The number of nitrogens with one attached hydrogen (secondary N) is 1. The van der Waals surface area contributed by atoms with Gasteiger partial charge in [-0.15, -0.1) is 0 Å². The molecule has 0 spiro atoms. The lowest BCUT2D eigenvalue weighted by Gasteiger charge is -2.20. The first-order chi connectivity index (χ1) is 15.6. The molecule has 3 aromatic rings. The molecule has 0 aliphatic heterocycles. The van der Waals surface area contributed by atoms with Gasteiger partial charge in [0.1, 0.15) is 0 Å². The smallest absolute Gasteiger partial charge is 0.338 e. The third kappa shape index (κ3) is 5.91. The lowest BCUT2D eigenvalue weighted by atomic mass is 10.2. The third-order valence-corrected chi connectivity index (χ3v) is 6.95. The van der Waals surface area contributed by atoms with Crippen LogP contribution in [0.1, 0.15) is 21.5 Å². The van der Waals surface area contributed by atoms with Crippen molar-refractivity contribution in [3.8, 4) is 0 Å². The van der Waals surface area contributed by atoms with Crippen LogP contribution in [-0.2, 0) is 19.6 Å². The average molecular weight is 487 g/mol. The summed E-state index contributed by atoms with van der Waals surface area (Å²) >= 11 is 5.94. The van der Waals surface area contributed by atoms with E-state index in [9.17, 15) is 18.0 Å². The van der Waals surface area contributed by atoms with Crippen molar-refractivity contribution in [1.29, 1.82) is 0 Å². The topological polar surface area (TPSA) is 92.8 Å². The van der Waals surface area contributed by atoms with E-state index in [1.165, 1.54) is 31.3 Å². The highest BCUT2D eigenvalue weighted by Crippen LogP contribution is 2.23. The fourth-order valence-electron chi connectivity index (χ4n) is 2.96. The number of hydrogen-bond donors (Lipinski definition) is 1. The lowest BCUT2D eigenvalue weighted by Crippen LogP contribution is -2.27. The number of nitrogens with zero attached hydrogens (tertiary/aromatic N) is 1. The van der Waals surface area contributed by atoms with Crippen LogP contribution in [0.3, 0.4) is 0 Å². The normalized spacial score (nSPS) is 11.0. The SMILES string of the molecule is Cc1ccc(N(C)S(=O)(=O)c2cccc(C(=O)OCC(=O)Nc3cc(Cl)ccc3C)c2)cc1. The molecule has 3 aromatic carbocycles. The number of halogens is 1. The van der Waals surface area contributed by atoms with E-state index in [1.54, 1.807) is 37.3 Å². The monoisotopic (exact) mass is 486 g/mol. The van der Waals surface area contributed by atoms with Crippen LogP contribution in [0.2, 0.25) is 5.02 Å². The van der Waals surface area contributed by atoms with Crippen LogP contribution in [0.4, 0.5) is 11.4 Å². The highest BCUT2D eigenvalue weighted by atomic mass is 35.5. The van der Waals surface area contributed by atoms with Crippen LogP contribution in [0.15, 0.2) is 71.6 Å². The van der Waals surface area contributed by atoms with E-state index < -0.39 is 28.5 Å². The quantitative estimate of drug-likeness (QED) is 0.493. The molecule has 0 fully saturated rings. The maximum absolute atomic E-state index is 13.0. The number of esters is 1. The van der Waals surface area contributed by atoms with E-state index in [4.69, 9.17) is 16.3 Å². The molecule has 0 aliphatic carbocycles. The van der Waals surface area contributed by atoms with E-state index in [2.05, 4.69) is 5.32 Å². The van der Waals surface area contributed by atoms with E-state index in [0.29, 0.717) is 16.4 Å². The number of sulfonamides is 1. The molecule has 0 atom stereocenters. The number of ether oxygens (including phenoxy) is 1. The zero-order valence-electron chi connectivity index (χ0n) is 18.3. The van der Waals surface area contributed by atoms with Crippen LogP contribution in [0.5, 0.6) is 0 Å². The van der Waals surface area contributed by atoms with Gasteiger partial charge in [0.05, 0.1) is 16.1 Å². The van der Waals surface area contributed by atoms with Gasteiger partial charge >= 0.3 is 5.97 Å². The molecule has 172 valence electrons. The first kappa shape index (κ1) is 24.3. The molecule has 3 rings (SSSR count). The molecule has 7 nitrogen and oxygen atoms in total. The van der Waals surface area contributed by atoms with E-state index in [1.807, 2.05) is 19.1 Å². The summed E-state index contributed by atoms with van der Waals surface area (Å²) in [4.78, 5) is 24.6. The van der Waals surface area contributed by atoms with Gasteiger partial charge in [0.15, 0.2) is 6.61 Å². The second-order valence-corrected chi connectivity index (χ2v) is 9.83. The van der Waals surface area contributed by atoms with Crippen LogP contribution >= 0.6 is 11.6 Å². The van der Waals surface area contributed by atoms with Crippen LogP contribution < -0.4 is 9.62 Å². The number of carbonyl (C=O) groups is 2. The Labute approximate surface area is 198 Å². The highest BCUT2D eigenvalue weighted by Gasteiger charge is 2.23. The van der Waals surface area contributed by atoms with Crippen molar-refractivity contribution >= 4 is 44.9 Å². The van der Waals surface area contributed by atoms with Gasteiger partial charge in [0.25, 0.3) is 15.9 Å². The molecule has 33 heavy (non-hydrogen) atoms. The average Bonchev–Trinajstić information content (AvgIpc) is 2.80. The number of rotatable bonds is 7. The Morgan fingerprint density at radius 3 is 2.39 bits per heavy atom. The summed E-state index contributed by atoms with van der Waals surface area (Å²) in [5.41, 5.74) is 2.82. The van der Waals surface area contributed by atoms with Gasteiger partial charge in [-0.25, -0.2) is 13.2 Å². The molecule has 9 heteroatoms. The van der Waals surface area contributed by atoms with Crippen LogP contribution in [0.25, 0.3) is 0 Å². The van der Waals surface area contributed by atoms with E-state index >= 15 is 0 Å². The maximum Gasteiger partial charge on any atom is 0.338 e. The summed E-state index contributed by atoms with van der Waals surface area (Å²) in [6, 6.07) is 17.6. The van der Waals surface area contributed by atoms with Gasteiger partial charge in [-0.05, 0) is 61.9 Å². The fraction of sp³-hybridized carbons (Fsp3) is 0.167. The van der Waals surface area contributed by atoms with Gasteiger partial charge in [-0.3, -0.25) is 9.10 Å². The Balaban J connectivity index is 1.69. The summed E-state index contributed by atoms with van der Waals surface area (Å²) in [6.45, 7) is 3.17. The van der Waals surface area contributed by atoms with Crippen LogP contribution in [-0.4, -0.2) is 33.9 Å². The van der Waals surface area contributed by atoms with Crippen molar-refractivity contribution in [3.63, 3.8) is 0 Å². The number of hydrogen-bond acceptors (Lipinski definition) is 5. The van der Waals surface area contributed by atoms with Gasteiger partial charge in [0, 0.05) is 17.8 Å². The van der Waals surface area contributed by atoms with Crippen molar-refractivity contribution in [1.82, 2.24) is 0 Å². The summed E-state index contributed by atoms with van der Waals surface area (Å²) < 4.78 is 32.2. The standard InChI is InChI=1S/C24H23ClN2O5S/c1-16-7-11-20(12-8-16)27(3)33(30,31)21-6-4-5-18(13-21)24(29)32-15-23(28)26-22-14-19(25)10-9-17(22)2/h4-14H,15H2,1-3H3,(H,26,28). The molecular formula is C24H23ClN2O5S. The van der Waals surface area contributed by atoms with Gasteiger partial charge < -0.3 is 10.1 Å². The highest BCUT2D eigenvalue weighted by molar-refractivity contribution is 7.92. The Kier molecular flexibility index (Phi) is 7.40. The molecule has 1 N–H and O–H groups in total. The molecule has 0 saturated carbocycles. The molecule has 0 bridgehead atoms. The molecule has 1 amide bonds. The largest absolute Gasteiger partial charge is 0.452 e. The summed E-state index contributed by atoms with van der Waals surface area (Å²) in [5.74, 6) is -1.36. The predicted molar refractivity (Wildman–Crippen MR) is 128 cm³/mol. The molecule has 0 radical (unpaired) electrons. The number of carbonyl (C=O) groups excluding carboxylic acids is 2. The molecule has 0 unspecified atom stereocenters. The summed E-state index contributed by atoms with van der Waals surface area (Å²) in [6.07, 6.45) is 0. The molecule has 0 heterocycles. The second-order valence-electron chi connectivity index (χ2n) is 7.42. The summed E-state index contributed by atoms with van der Waals surface area (Å²) in [7, 11) is -2.47. The Morgan fingerprint density at radius 1 is 1.00 bits per heavy atom. The maximum atomic E-state index is 13.0. The number of anilines is 2. The van der Waals surface area contributed by atoms with Gasteiger partial charge in [0.2, 0.25) is 0 Å². The first-order valence-electron chi connectivity index (χ1n) is 9.97. The minimum absolute atomic E-state index is 0.0140. The van der Waals surface area contributed by atoms with Crippen molar-refractivity contribution in [3.05, 3.63) is 88.4 Å². The lowest BCUT2D eigenvalue weighted by molar-refractivity contribution is -0.119. The Morgan fingerprint density at radius 2 is 1.70 bits per heavy atom. The molecule has 0 aliphatic rings. The third-order valence-electron chi connectivity index (χ3n) is 4.93. The minimum atomic E-state index is -3.91. The van der Waals surface area contributed by atoms with Crippen molar-refractivity contribution in [2.75, 3.05) is 23.3 Å². The van der Waals surface area contributed by atoms with E-state index in [0.717, 1.165) is 15.4 Å². The van der Waals surface area contributed by atoms with Gasteiger partial charge in [-0.2, -0.15) is 0 Å². The fourth-order valence-corrected chi connectivity index (χ4v) is 4.38. The van der Waals surface area contributed by atoms with E-state index in [-0.39, 0.29) is 10.5 Å². The van der Waals surface area contributed by atoms with Crippen molar-refractivity contribution in [2.24, 2.45) is 0 Å². The number of benzene rings is 3. The zero-order valence-corrected chi connectivity index (χ0v) is 19.9. The minimum Gasteiger partial charge on any atom is -0.452 e. The molecule has 0 aromatic heterocycles. The number of aryl methyl sites for hydroxylation is 2. The Bertz CT molecular complexity index is 1290. The first-order valence-corrected chi connectivity index (χ1v) is 11.8. The summed E-state index contributed by atoms with van der Waals surface area (Å²) in [5, 5.41) is 3.09. The van der Waals surface area contributed by atoms with Crippen LogP contribution in [0, 0.1) is 13.8 Å².